The average molecular weight is 314 g/mol. The fraction of sp³-hybridized carbons (Fsp3) is 0.261. The molecule has 4 rings (SSSR count). The Labute approximate surface area is 144 Å². The Bertz CT molecular complexity index is 964. The molecule has 120 valence electrons. The Kier molecular flexibility index (Phi) is 3.18. The van der Waals surface area contributed by atoms with E-state index >= 15 is 0 Å². The summed E-state index contributed by atoms with van der Waals surface area (Å²) in [7, 11) is 2.13. The van der Waals surface area contributed by atoms with Gasteiger partial charge in [-0.05, 0) is 53.8 Å². The maximum atomic E-state index is 2.41. The van der Waals surface area contributed by atoms with Crippen LogP contribution in [0, 0.1) is 13.8 Å². The predicted octanol–water partition coefficient (Wildman–Crippen LogP) is 5.10. The zero-order valence-corrected chi connectivity index (χ0v) is 15.1. The Morgan fingerprint density at radius 1 is 0.792 bits per heavy atom. The summed E-state index contributed by atoms with van der Waals surface area (Å²) >= 11 is 0. The topological polar surface area (TPSA) is 3.88 Å². The first-order chi connectivity index (χ1) is 11.4. The van der Waals surface area contributed by atoms with Crippen LogP contribution in [0.25, 0.3) is 22.4 Å². The lowest BCUT2D eigenvalue weighted by molar-refractivity contribution is -0.660. The summed E-state index contributed by atoms with van der Waals surface area (Å²) in [6.07, 6.45) is 2.20. The standard InChI is InChI=1S/C23H24N/c1-15-10-11-22(24(5)14-15)18-13-21-19(12-16(18)2)17-8-6-7-9-20(17)23(21,3)4/h6-14H,1-5H3/q+1. The summed E-state index contributed by atoms with van der Waals surface area (Å²) in [5, 5.41) is 0. The van der Waals surface area contributed by atoms with Crippen LogP contribution in [0.5, 0.6) is 0 Å². The van der Waals surface area contributed by atoms with Crippen LogP contribution in [0.3, 0.4) is 0 Å². The first kappa shape index (κ1) is 15.1. The maximum Gasteiger partial charge on any atom is 0.212 e. The molecule has 0 saturated carbocycles. The van der Waals surface area contributed by atoms with Gasteiger partial charge in [-0.15, -0.1) is 0 Å². The van der Waals surface area contributed by atoms with Gasteiger partial charge in [0.1, 0.15) is 7.05 Å². The van der Waals surface area contributed by atoms with Gasteiger partial charge < -0.3 is 0 Å². The molecule has 24 heavy (non-hydrogen) atoms. The molecule has 1 aliphatic rings. The van der Waals surface area contributed by atoms with Gasteiger partial charge in [-0.1, -0.05) is 44.2 Å². The van der Waals surface area contributed by atoms with Gasteiger partial charge in [0, 0.05) is 22.6 Å². The predicted molar refractivity (Wildman–Crippen MR) is 100 cm³/mol. The lowest BCUT2D eigenvalue weighted by Gasteiger charge is -2.22. The molecule has 1 heteroatoms. The molecule has 0 radical (unpaired) electrons. The molecular formula is C23H24N+. The van der Waals surface area contributed by atoms with Crippen molar-refractivity contribution in [2.45, 2.75) is 33.1 Å². The summed E-state index contributed by atoms with van der Waals surface area (Å²) in [5.41, 5.74) is 10.9. The lowest BCUT2D eigenvalue weighted by Crippen LogP contribution is -2.31. The highest BCUT2D eigenvalue weighted by atomic mass is 14.9. The third kappa shape index (κ3) is 2.04. The van der Waals surface area contributed by atoms with Crippen LogP contribution in [0.2, 0.25) is 0 Å². The van der Waals surface area contributed by atoms with Crippen molar-refractivity contribution in [1.29, 1.82) is 0 Å². The summed E-state index contributed by atoms with van der Waals surface area (Å²) in [4.78, 5) is 0. The Balaban J connectivity index is 1.98. The highest BCUT2D eigenvalue weighted by Gasteiger charge is 2.36. The number of fused-ring (bicyclic) bond motifs is 3. The number of aromatic nitrogens is 1. The van der Waals surface area contributed by atoms with Gasteiger partial charge in [-0.25, -0.2) is 4.57 Å². The first-order valence-corrected chi connectivity index (χ1v) is 8.61. The van der Waals surface area contributed by atoms with E-state index in [0.717, 1.165) is 0 Å². The number of rotatable bonds is 1. The van der Waals surface area contributed by atoms with Crippen LogP contribution in [0.15, 0.2) is 54.7 Å². The molecule has 1 aromatic heterocycles. The minimum Gasteiger partial charge on any atom is -0.201 e. The molecule has 0 bridgehead atoms. The molecule has 0 spiro atoms. The van der Waals surface area contributed by atoms with Crippen LogP contribution >= 0.6 is 0 Å². The molecule has 3 aromatic rings. The monoisotopic (exact) mass is 314 g/mol. The fourth-order valence-electron chi connectivity index (χ4n) is 4.16. The zero-order chi connectivity index (χ0) is 17.1. The van der Waals surface area contributed by atoms with Crippen LogP contribution in [-0.2, 0) is 12.5 Å². The van der Waals surface area contributed by atoms with E-state index in [1.165, 1.54) is 44.6 Å². The van der Waals surface area contributed by atoms with Gasteiger partial charge in [-0.3, -0.25) is 0 Å². The molecule has 0 unspecified atom stereocenters. The Hall–Kier alpha value is -2.41. The minimum absolute atomic E-state index is 0.0532. The molecule has 0 aliphatic heterocycles. The van der Waals surface area contributed by atoms with E-state index < -0.39 is 0 Å². The van der Waals surface area contributed by atoms with Gasteiger partial charge >= 0.3 is 0 Å². The van der Waals surface area contributed by atoms with Crippen LogP contribution < -0.4 is 4.57 Å². The van der Waals surface area contributed by atoms with E-state index in [1.807, 2.05) is 0 Å². The third-order valence-electron chi connectivity index (χ3n) is 5.49. The lowest BCUT2D eigenvalue weighted by atomic mass is 9.81. The summed E-state index contributed by atoms with van der Waals surface area (Å²) in [6.45, 7) is 9.04. The first-order valence-electron chi connectivity index (χ1n) is 8.61. The van der Waals surface area contributed by atoms with Crippen molar-refractivity contribution in [3.63, 3.8) is 0 Å². The SMILES string of the molecule is Cc1ccc(-c2cc3c(cc2C)-c2ccccc2C3(C)C)[n+](C)c1. The highest BCUT2D eigenvalue weighted by Crippen LogP contribution is 2.49. The van der Waals surface area contributed by atoms with Crippen molar-refractivity contribution in [2.24, 2.45) is 7.05 Å². The van der Waals surface area contributed by atoms with Gasteiger partial charge in [0.15, 0.2) is 6.20 Å². The molecule has 1 aliphatic carbocycles. The van der Waals surface area contributed by atoms with Gasteiger partial charge in [-0.2, -0.15) is 0 Å². The second kappa shape index (κ2) is 5.04. The second-order valence-corrected chi connectivity index (χ2v) is 7.59. The van der Waals surface area contributed by atoms with E-state index in [4.69, 9.17) is 0 Å². The van der Waals surface area contributed by atoms with E-state index in [-0.39, 0.29) is 5.41 Å². The Morgan fingerprint density at radius 3 is 2.29 bits per heavy atom. The summed E-state index contributed by atoms with van der Waals surface area (Å²) in [6, 6.07) is 18.0. The van der Waals surface area contributed by atoms with Gasteiger partial charge in [0.2, 0.25) is 5.69 Å². The molecule has 0 amide bonds. The van der Waals surface area contributed by atoms with E-state index in [9.17, 15) is 0 Å². The van der Waals surface area contributed by atoms with Crippen molar-refractivity contribution >= 4 is 0 Å². The van der Waals surface area contributed by atoms with Crippen molar-refractivity contribution in [1.82, 2.24) is 0 Å². The number of hydrogen-bond donors (Lipinski definition) is 0. The summed E-state index contributed by atoms with van der Waals surface area (Å²) in [5.74, 6) is 0. The quantitative estimate of drug-likeness (QED) is 0.550. The molecule has 1 nitrogen and oxygen atoms in total. The molecule has 0 saturated heterocycles. The van der Waals surface area contributed by atoms with E-state index in [0.29, 0.717) is 0 Å². The molecular weight excluding hydrogens is 290 g/mol. The molecule has 0 fully saturated rings. The maximum absolute atomic E-state index is 2.41. The number of benzene rings is 2. The molecule has 0 atom stereocenters. The highest BCUT2D eigenvalue weighted by molar-refractivity contribution is 5.84. The number of hydrogen-bond acceptors (Lipinski definition) is 0. The van der Waals surface area contributed by atoms with E-state index in [2.05, 4.69) is 94.0 Å². The normalized spacial score (nSPS) is 14.4. The number of pyridine rings is 1. The van der Waals surface area contributed by atoms with Crippen LogP contribution in [-0.4, -0.2) is 0 Å². The molecule has 2 aromatic carbocycles. The van der Waals surface area contributed by atoms with Gasteiger partial charge in [0.05, 0.1) is 0 Å². The summed E-state index contributed by atoms with van der Waals surface area (Å²) < 4.78 is 2.24. The van der Waals surface area contributed by atoms with Crippen LogP contribution in [0.1, 0.15) is 36.1 Å². The molecule has 1 heterocycles. The molecule has 0 N–H and O–H groups in total. The minimum atomic E-state index is 0.0532. The average Bonchev–Trinajstić information content (AvgIpc) is 2.75. The van der Waals surface area contributed by atoms with Gasteiger partial charge in [0.25, 0.3) is 0 Å². The van der Waals surface area contributed by atoms with Crippen molar-refractivity contribution in [3.05, 3.63) is 77.0 Å². The van der Waals surface area contributed by atoms with Crippen LogP contribution in [0.4, 0.5) is 0 Å². The van der Waals surface area contributed by atoms with Crippen molar-refractivity contribution in [3.8, 4) is 22.4 Å². The third-order valence-corrected chi connectivity index (χ3v) is 5.49. The largest absolute Gasteiger partial charge is 0.212 e. The smallest absolute Gasteiger partial charge is 0.201 e. The van der Waals surface area contributed by atoms with E-state index in [1.54, 1.807) is 0 Å². The van der Waals surface area contributed by atoms with Crippen molar-refractivity contribution < 1.29 is 4.57 Å². The number of aryl methyl sites for hydroxylation is 3. The Morgan fingerprint density at radius 2 is 1.54 bits per heavy atom. The van der Waals surface area contributed by atoms with Crippen molar-refractivity contribution in [2.75, 3.05) is 0 Å². The fourth-order valence-corrected chi connectivity index (χ4v) is 4.16. The second-order valence-electron chi connectivity index (χ2n) is 7.59. The number of nitrogens with zero attached hydrogens (tertiary/aromatic N) is 1. The zero-order valence-electron chi connectivity index (χ0n) is 15.1.